The molecule has 0 N–H and O–H groups in total. The fourth-order valence-electron chi connectivity index (χ4n) is 2.78. The number of halogens is 1. The van der Waals surface area contributed by atoms with E-state index in [2.05, 4.69) is 0 Å². The molecule has 2 aliphatic rings. The fourth-order valence-corrected chi connectivity index (χ4v) is 2.96. The zero-order chi connectivity index (χ0) is 15.0. The molecule has 1 atom stereocenters. The van der Waals surface area contributed by atoms with Gasteiger partial charge < -0.3 is 4.74 Å². The Morgan fingerprint density at radius 2 is 1.95 bits per heavy atom. The Labute approximate surface area is 128 Å². The van der Waals surface area contributed by atoms with Gasteiger partial charge in [-0.2, -0.15) is 0 Å². The number of nitrogens with zero attached hydrogens (tertiary/aromatic N) is 2. The molecule has 1 unspecified atom stereocenters. The van der Waals surface area contributed by atoms with Crippen molar-refractivity contribution in [3.05, 3.63) is 28.8 Å². The van der Waals surface area contributed by atoms with Gasteiger partial charge in [-0.3, -0.25) is 14.5 Å². The van der Waals surface area contributed by atoms with Gasteiger partial charge in [-0.05, 0) is 24.6 Å². The van der Waals surface area contributed by atoms with Crippen LogP contribution < -0.4 is 4.90 Å². The largest absolute Gasteiger partial charge is 0.379 e. The van der Waals surface area contributed by atoms with Crippen molar-refractivity contribution in [1.82, 2.24) is 4.90 Å². The van der Waals surface area contributed by atoms with Gasteiger partial charge in [0.15, 0.2) is 0 Å². The summed E-state index contributed by atoms with van der Waals surface area (Å²) in [5, 5.41) is 0.558. The maximum atomic E-state index is 12.6. The number of ether oxygens (including phenoxy) is 1. The van der Waals surface area contributed by atoms with E-state index in [1.54, 1.807) is 12.1 Å². The number of amides is 2. The third kappa shape index (κ3) is 2.69. The van der Waals surface area contributed by atoms with Crippen LogP contribution in [-0.4, -0.2) is 49.1 Å². The fraction of sp³-hybridized carbons (Fsp3) is 0.467. The number of carbonyl (C=O) groups excluding carboxylic acids is 2. The van der Waals surface area contributed by atoms with E-state index in [9.17, 15) is 9.59 Å². The minimum absolute atomic E-state index is 0.165. The van der Waals surface area contributed by atoms with Crippen molar-refractivity contribution in [2.75, 3.05) is 31.2 Å². The molecule has 6 heteroatoms. The molecule has 112 valence electrons. The smallest absolute Gasteiger partial charge is 0.251 e. The number of anilines is 1. The lowest BCUT2D eigenvalue weighted by atomic mass is 10.2. The highest BCUT2D eigenvalue weighted by Crippen LogP contribution is 2.29. The van der Waals surface area contributed by atoms with Crippen molar-refractivity contribution in [3.63, 3.8) is 0 Å². The zero-order valence-electron chi connectivity index (χ0n) is 11.8. The summed E-state index contributed by atoms with van der Waals surface area (Å²) in [5.41, 5.74) is 1.47. The first kappa shape index (κ1) is 14.5. The van der Waals surface area contributed by atoms with Crippen LogP contribution in [0.5, 0.6) is 0 Å². The topological polar surface area (TPSA) is 49.9 Å². The van der Waals surface area contributed by atoms with Gasteiger partial charge in [-0.1, -0.05) is 17.7 Å². The number of rotatable bonds is 2. The van der Waals surface area contributed by atoms with Gasteiger partial charge in [0.2, 0.25) is 5.91 Å². The molecule has 5 nitrogen and oxygen atoms in total. The predicted molar refractivity (Wildman–Crippen MR) is 79.5 cm³/mol. The first-order chi connectivity index (χ1) is 10.1. The van der Waals surface area contributed by atoms with E-state index >= 15 is 0 Å². The quantitative estimate of drug-likeness (QED) is 0.779. The molecule has 2 heterocycles. The van der Waals surface area contributed by atoms with Crippen LogP contribution in [-0.2, 0) is 14.3 Å². The summed E-state index contributed by atoms with van der Waals surface area (Å²) in [5.74, 6) is -0.335. The molecule has 0 aromatic heterocycles. The molecular weight excluding hydrogens is 292 g/mol. The van der Waals surface area contributed by atoms with Crippen molar-refractivity contribution in [2.45, 2.75) is 19.4 Å². The SMILES string of the molecule is Cc1ccc(N2C(=O)CC(N3CCOCC3)C2=O)cc1Cl. The Hall–Kier alpha value is -1.43. The summed E-state index contributed by atoms with van der Waals surface area (Å²) in [7, 11) is 0. The maximum absolute atomic E-state index is 12.6. The number of imide groups is 1. The molecular formula is C15H17ClN2O3. The van der Waals surface area contributed by atoms with Crippen molar-refractivity contribution in [3.8, 4) is 0 Å². The van der Waals surface area contributed by atoms with Crippen LogP contribution in [0.15, 0.2) is 18.2 Å². The van der Waals surface area contributed by atoms with Gasteiger partial charge in [0, 0.05) is 18.1 Å². The van der Waals surface area contributed by atoms with Crippen molar-refractivity contribution in [2.24, 2.45) is 0 Å². The van der Waals surface area contributed by atoms with Gasteiger partial charge in [-0.25, -0.2) is 4.90 Å². The number of morpholine rings is 1. The van der Waals surface area contributed by atoms with Gasteiger partial charge in [-0.15, -0.1) is 0 Å². The molecule has 0 bridgehead atoms. The van der Waals surface area contributed by atoms with Gasteiger partial charge in [0.25, 0.3) is 5.91 Å². The summed E-state index contributed by atoms with van der Waals surface area (Å²) in [6, 6.07) is 4.88. The van der Waals surface area contributed by atoms with Gasteiger partial charge in [0.1, 0.15) is 0 Å². The Morgan fingerprint density at radius 3 is 2.62 bits per heavy atom. The number of aryl methyl sites for hydroxylation is 1. The standard InChI is InChI=1S/C15H17ClN2O3/c1-10-2-3-11(8-12(10)16)18-14(19)9-13(15(18)20)17-4-6-21-7-5-17/h2-3,8,13H,4-7,9H2,1H3. The van der Waals surface area contributed by atoms with Crippen LogP contribution in [0.25, 0.3) is 0 Å². The average molecular weight is 309 g/mol. The van der Waals surface area contributed by atoms with Crippen LogP contribution in [0.2, 0.25) is 5.02 Å². The number of benzene rings is 1. The molecule has 0 aliphatic carbocycles. The Kier molecular flexibility index (Phi) is 3.97. The lowest BCUT2D eigenvalue weighted by molar-refractivity contribution is -0.123. The minimum Gasteiger partial charge on any atom is -0.379 e. The minimum atomic E-state index is -0.374. The molecule has 0 radical (unpaired) electrons. The molecule has 2 fully saturated rings. The van der Waals surface area contributed by atoms with E-state index in [-0.39, 0.29) is 24.3 Å². The third-order valence-electron chi connectivity index (χ3n) is 4.02. The molecule has 2 amide bonds. The summed E-state index contributed by atoms with van der Waals surface area (Å²) >= 11 is 6.10. The van der Waals surface area contributed by atoms with E-state index in [4.69, 9.17) is 16.3 Å². The molecule has 21 heavy (non-hydrogen) atoms. The Morgan fingerprint density at radius 1 is 1.24 bits per heavy atom. The Balaban J connectivity index is 1.84. The van der Waals surface area contributed by atoms with Crippen LogP contribution in [0.4, 0.5) is 5.69 Å². The Bertz CT molecular complexity index is 584. The lowest BCUT2D eigenvalue weighted by Gasteiger charge is -2.30. The summed E-state index contributed by atoms with van der Waals surface area (Å²) < 4.78 is 5.29. The first-order valence-corrected chi connectivity index (χ1v) is 7.40. The van der Waals surface area contributed by atoms with Crippen LogP contribution >= 0.6 is 11.6 Å². The third-order valence-corrected chi connectivity index (χ3v) is 4.43. The van der Waals surface area contributed by atoms with Crippen molar-refractivity contribution >= 4 is 29.1 Å². The molecule has 0 saturated carbocycles. The highest BCUT2D eigenvalue weighted by Gasteiger charge is 2.43. The van der Waals surface area contributed by atoms with Gasteiger partial charge >= 0.3 is 0 Å². The lowest BCUT2D eigenvalue weighted by Crippen LogP contribution is -2.47. The summed E-state index contributed by atoms with van der Waals surface area (Å²) in [6.45, 7) is 4.47. The first-order valence-electron chi connectivity index (χ1n) is 7.02. The highest BCUT2D eigenvalue weighted by atomic mass is 35.5. The molecule has 2 saturated heterocycles. The van der Waals surface area contributed by atoms with E-state index in [1.165, 1.54) is 4.90 Å². The van der Waals surface area contributed by atoms with E-state index in [0.29, 0.717) is 37.0 Å². The maximum Gasteiger partial charge on any atom is 0.251 e. The van der Waals surface area contributed by atoms with Crippen LogP contribution in [0, 0.1) is 6.92 Å². The van der Waals surface area contributed by atoms with Crippen molar-refractivity contribution < 1.29 is 14.3 Å². The van der Waals surface area contributed by atoms with E-state index in [0.717, 1.165) is 5.56 Å². The molecule has 2 aliphatic heterocycles. The number of hydrogen-bond acceptors (Lipinski definition) is 4. The van der Waals surface area contributed by atoms with Gasteiger partial charge in [0.05, 0.1) is 31.4 Å². The molecule has 1 aromatic rings. The molecule has 3 rings (SSSR count). The normalized spacial score (nSPS) is 23.9. The van der Waals surface area contributed by atoms with Crippen LogP contribution in [0.3, 0.4) is 0 Å². The second-order valence-corrected chi connectivity index (χ2v) is 5.78. The zero-order valence-corrected chi connectivity index (χ0v) is 12.6. The second kappa shape index (κ2) is 5.75. The van der Waals surface area contributed by atoms with E-state index in [1.807, 2.05) is 17.9 Å². The molecule has 1 aromatic carbocycles. The second-order valence-electron chi connectivity index (χ2n) is 5.37. The average Bonchev–Trinajstić information content (AvgIpc) is 2.78. The monoisotopic (exact) mass is 308 g/mol. The van der Waals surface area contributed by atoms with E-state index < -0.39 is 0 Å². The predicted octanol–water partition coefficient (Wildman–Crippen LogP) is 1.61. The molecule has 0 spiro atoms. The number of carbonyl (C=O) groups is 2. The highest BCUT2D eigenvalue weighted by molar-refractivity contribution is 6.32. The van der Waals surface area contributed by atoms with Crippen LogP contribution in [0.1, 0.15) is 12.0 Å². The summed E-state index contributed by atoms with van der Waals surface area (Å²) in [6.07, 6.45) is 0.227. The summed E-state index contributed by atoms with van der Waals surface area (Å²) in [4.78, 5) is 28.1. The van der Waals surface area contributed by atoms with Crippen molar-refractivity contribution in [1.29, 1.82) is 0 Å². The number of hydrogen-bond donors (Lipinski definition) is 0.